The SMILES string of the molecule is N#Cc1cc(N=C(N)N=C(N)N)ccc1F. The molecule has 0 spiro atoms. The molecule has 1 aromatic rings. The Balaban J connectivity index is 3.08. The summed E-state index contributed by atoms with van der Waals surface area (Å²) in [7, 11) is 0. The summed E-state index contributed by atoms with van der Waals surface area (Å²) in [6.07, 6.45) is 0. The van der Waals surface area contributed by atoms with E-state index in [0.717, 1.165) is 6.07 Å². The van der Waals surface area contributed by atoms with Gasteiger partial charge in [-0.15, -0.1) is 0 Å². The first-order chi connectivity index (χ1) is 7.52. The summed E-state index contributed by atoms with van der Waals surface area (Å²) in [5, 5.41) is 8.59. The molecule has 0 aliphatic carbocycles. The van der Waals surface area contributed by atoms with Gasteiger partial charge in [0.1, 0.15) is 11.9 Å². The first-order valence-electron chi connectivity index (χ1n) is 4.16. The van der Waals surface area contributed by atoms with Gasteiger partial charge in [0.05, 0.1) is 11.3 Å². The number of aliphatic imine (C=N–C) groups is 2. The predicted molar refractivity (Wildman–Crippen MR) is 58.2 cm³/mol. The minimum atomic E-state index is -0.623. The minimum Gasteiger partial charge on any atom is -0.370 e. The summed E-state index contributed by atoms with van der Waals surface area (Å²) in [6.45, 7) is 0. The summed E-state index contributed by atoms with van der Waals surface area (Å²) in [5.74, 6) is -1.03. The molecule has 0 unspecified atom stereocenters. The van der Waals surface area contributed by atoms with Gasteiger partial charge >= 0.3 is 0 Å². The molecule has 0 aliphatic heterocycles. The van der Waals surface area contributed by atoms with Gasteiger partial charge in [-0.1, -0.05) is 0 Å². The molecule has 82 valence electrons. The van der Waals surface area contributed by atoms with Crippen LogP contribution in [-0.2, 0) is 0 Å². The van der Waals surface area contributed by atoms with E-state index in [1.165, 1.54) is 12.1 Å². The van der Waals surface area contributed by atoms with Crippen LogP contribution in [0.4, 0.5) is 10.1 Å². The topological polar surface area (TPSA) is 127 Å². The highest BCUT2D eigenvalue weighted by Gasteiger charge is 2.02. The predicted octanol–water partition coefficient (Wildman–Crippen LogP) is -0.0830. The Bertz CT molecular complexity index is 495. The lowest BCUT2D eigenvalue weighted by atomic mass is 10.2. The third-order valence-electron chi connectivity index (χ3n) is 1.56. The second kappa shape index (κ2) is 4.75. The van der Waals surface area contributed by atoms with Gasteiger partial charge in [-0.05, 0) is 18.2 Å². The van der Waals surface area contributed by atoms with Gasteiger partial charge in [-0.3, -0.25) is 0 Å². The maximum absolute atomic E-state index is 12.9. The van der Waals surface area contributed by atoms with Gasteiger partial charge in [0.2, 0.25) is 5.96 Å². The third-order valence-corrected chi connectivity index (χ3v) is 1.56. The van der Waals surface area contributed by atoms with Crippen LogP contribution in [0.2, 0.25) is 0 Å². The summed E-state index contributed by atoms with van der Waals surface area (Å²) in [6, 6.07) is 5.38. The summed E-state index contributed by atoms with van der Waals surface area (Å²) < 4.78 is 12.9. The van der Waals surface area contributed by atoms with Gasteiger partial charge in [-0.2, -0.15) is 10.3 Å². The molecule has 0 fully saturated rings. The Morgan fingerprint density at radius 3 is 2.56 bits per heavy atom. The van der Waals surface area contributed by atoms with E-state index < -0.39 is 5.82 Å². The first-order valence-corrected chi connectivity index (χ1v) is 4.16. The van der Waals surface area contributed by atoms with Crippen molar-refractivity contribution in [3.8, 4) is 6.07 Å². The van der Waals surface area contributed by atoms with Gasteiger partial charge in [0.25, 0.3) is 0 Å². The van der Waals surface area contributed by atoms with Gasteiger partial charge < -0.3 is 17.2 Å². The molecular formula is C9H9FN6. The molecule has 0 saturated heterocycles. The van der Waals surface area contributed by atoms with Crippen molar-refractivity contribution in [3.05, 3.63) is 29.6 Å². The van der Waals surface area contributed by atoms with E-state index in [1.807, 2.05) is 0 Å². The molecular weight excluding hydrogens is 211 g/mol. The van der Waals surface area contributed by atoms with E-state index in [4.69, 9.17) is 22.5 Å². The fraction of sp³-hybridized carbons (Fsp3) is 0. The Labute approximate surface area is 90.9 Å². The number of nitriles is 1. The second-order valence-corrected chi connectivity index (χ2v) is 2.78. The molecule has 6 N–H and O–H groups in total. The van der Waals surface area contributed by atoms with Crippen LogP contribution in [0.25, 0.3) is 0 Å². The normalized spacial score (nSPS) is 10.6. The quantitative estimate of drug-likeness (QED) is 0.451. The zero-order valence-corrected chi connectivity index (χ0v) is 8.18. The smallest absolute Gasteiger partial charge is 0.223 e. The van der Waals surface area contributed by atoms with Crippen molar-refractivity contribution in [1.29, 1.82) is 5.26 Å². The second-order valence-electron chi connectivity index (χ2n) is 2.78. The zero-order valence-electron chi connectivity index (χ0n) is 8.18. The molecule has 6 nitrogen and oxygen atoms in total. The van der Waals surface area contributed by atoms with Crippen molar-refractivity contribution in [2.45, 2.75) is 0 Å². The van der Waals surface area contributed by atoms with Crippen LogP contribution < -0.4 is 17.2 Å². The molecule has 0 amide bonds. The Morgan fingerprint density at radius 2 is 2.00 bits per heavy atom. The lowest BCUT2D eigenvalue weighted by molar-refractivity contribution is 0.624. The summed E-state index contributed by atoms with van der Waals surface area (Å²) in [5.41, 5.74) is 15.7. The van der Waals surface area contributed by atoms with Crippen LogP contribution >= 0.6 is 0 Å². The van der Waals surface area contributed by atoms with Crippen LogP contribution in [0.1, 0.15) is 5.56 Å². The maximum atomic E-state index is 12.9. The van der Waals surface area contributed by atoms with Crippen molar-refractivity contribution >= 4 is 17.6 Å². The Hall–Kier alpha value is -2.62. The Morgan fingerprint density at radius 1 is 1.31 bits per heavy atom. The molecule has 1 aromatic carbocycles. The molecule has 0 bridgehead atoms. The number of halogens is 1. The number of benzene rings is 1. The van der Waals surface area contributed by atoms with Crippen molar-refractivity contribution in [1.82, 2.24) is 0 Å². The number of hydrogen-bond acceptors (Lipinski definition) is 2. The maximum Gasteiger partial charge on any atom is 0.223 e. The standard InChI is InChI=1S/C9H9FN6/c10-7-2-1-6(3-5(7)4-11)15-9(14)16-8(12)13/h1-3H,(H6,12,13,14,15,16). The molecule has 0 atom stereocenters. The molecule has 0 aliphatic rings. The van der Waals surface area contributed by atoms with Crippen molar-refractivity contribution in [2.24, 2.45) is 27.2 Å². The average molecular weight is 220 g/mol. The fourth-order valence-corrected chi connectivity index (χ4v) is 0.958. The van der Waals surface area contributed by atoms with Crippen LogP contribution in [0.3, 0.4) is 0 Å². The number of nitrogens with two attached hydrogens (primary N) is 3. The molecule has 0 aromatic heterocycles. The molecule has 1 rings (SSSR count). The monoisotopic (exact) mass is 220 g/mol. The largest absolute Gasteiger partial charge is 0.370 e. The van der Waals surface area contributed by atoms with Crippen LogP contribution in [0.15, 0.2) is 28.2 Å². The highest BCUT2D eigenvalue weighted by molar-refractivity contribution is 5.93. The summed E-state index contributed by atoms with van der Waals surface area (Å²) >= 11 is 0. The minimum absolute atomic E-state index is 0.126. The lowest BCUT2D eigenvalue weighted by Gasteiger charge is -1.97. The molecule has 0 radical (unpaired) electrons. The van der Waals surface area contributed by atoms with Crippen molar-refractivity contribution in [3.63, 3.8) is 0 Å². The van der Waals surface area contributed by atoms with Crippen LogP contribution in [0.5, 0.6) is 0 Å². The molecule has 0 heterocycles. The van der Waals surface area contributed by atoms with E-state index in [2.05, 4.69) is 9.98 Å². The van der Waals surface area contributed by atoms with E-state index in [1.54, 1.807) is 6.07 Å². The summed E-state index contributed by atoms with van der Waals surface area (Å²) in [4.78, 5) is 7.25. The zero-order chi connectivity index (χ0) is 12.1. The third kappa shape index (κ3) is 2.95. The highest BCUT2D eigenvalue weighted by atomic mass is 19.1. The van der Waals surface area contributed by atoms with E-state index in [-0.39, 0.29) is 17.5 Å². The average Bonchev–Trinajstić information content (AvgIpc) is 2.19. The van der Waals surface area contributed by atoms with Crippen LogP contribution in [-0.4, -0.2) is 11.9 Å². The molecule has 7 heteroatoms. The number of rotatable bonds is 1. The van der Waals surface area contributed by atoms with E-state index >= 15 is 0 Å². The lowest BCUT2D eigenvalue weighted by Crippen LogP contribution is -2.26. The fourth-order valence-electron chi connectivity index (χ4n) is 0.958. The van der Waals surface area contributed by atoms with E-state index in [0.29, 0.717) is 5.69 Å². The first kappa shape index (κ1) is 11.5. The van der Waals surface area contributed by atoms with E-state index in [9.17, 15) is 4.39 Å². The van der Waals surface area contributed by atoms with Crippen molar-refractivity contribution < 1.29 is 4.39 Å². The van der Waals surface area contributed by atoms with Gasteiger partial charge in [0, 0.05) is 0 Å². The molecule has 16 heavy (non-hydrogen) atoms. The Kier molecular flexibility index (Phi) is 3.40. The highest BCUT2D eigenvalue weighted by Crippen LogP contribution is 2.16. The van der Waals surface area contributed by atoms with Gasteiger partial charge in [0.15, 0.2) is 5.96 Å². The number of nitrogens with zero attached hydrogens (tertiary/aromatic N) is 3. The van der Waals surface area contributed by atoms with Gasteiger partial charge in [-0.25, -0.2) is 9.38 Å². The van der Waals surface area contributed by atoms with Crippen LogP contribution in [0, 0.1) is 17.1 Å². The molecule has 0 saturated carbocycles. The number of guanidine groups is 2. The van der Waals surface area contributed by atoms with Crippen molar-refractivity contribution in [2.75, 3.05) is 0 Å². The number of hydrogen-bond donors (Lipinski definition) is 3.